The molecule has 1 aromatic heterocycles. The molecular formula is C17H25N3O4S. The first kappa shape index (κ1) is 19.3. The molecule has 138 valence electrons. The Morgan fingerprint density at radius 2 is 1.80 bits per heavy atom. The number of aryl methyl sites for hydroxylation is 2. The van der Waals surface area contributed by atoms with E-state index in [0.717, 1.165) is 5.56 Å². The van der Waals surface area contributed by atoms with Gasteiger partial charge in [0.25, 0.3) is 0 Å². The number of nitrogens with zero attached hydrogens (tertiary/aromatic N) is 2. The van der Waals surface area contributed by atoms with E-state index in [-0.39, 0.29) is 11.4 Å². The molecule has 2 aromatic rings. The molecule has 0 aliphatic carbocycles. The van der Waals surface area contributed by atoms with Crippen LogP contribution in [0.25, 0.3) is 0 Å². The highest BCUT2D eigenvalue weighted by Crippen LogP contribution is 2.28. The van der Waals surface area contributed by atoms with Crippen molar-refractivity contribution in [3.05, 3.63) is 35.7 Å². The van der Waals surface area contributed by atoms with Gasteiger partial charge in [0.05, 0.1) is 18.9 Å². The molecule has 8 heteroatoms. The zero-order valence-corrected chi connectivity index (χ0v) is 15.9. The third-order valence-corrected chi connectivity index (χ3v) is 5.09. The molecule has 0 spiro atoms. The highest BCUT2D eigenvalue weighted by atomic mass is 32.2. The lowest BCUT2D eigenvalue weighted by atomic mass is 10.2. The van der Waals surface area contributed by atoms with Crippen molar-refractivity contribution in [1.29, 1.82) is 0 Å². The maximum atomic E-state index is 12.5. The molecule has 2 rings (SSSR count). The van der Waals surface area contributed by atoms with E-state index in [2.05, 4.69) is 9.82 Å². The van der Waals surface area contributed by atoms with E-state index in [0.29, 0.717) is 37.0 Å². The Morgan fingerprint density at radius 1 is 1.12 bits per heavy atom. The summed E-state index contributed by atoms with van der Waals surface area (Å²) >= 11 is 0. The Morgan fingerprint density at radius 3 is 2.40 bits per heavy atom. The number of hydrogen-bond acceptors (Lipinski definition) is 5. The first-order valence-electron chi connectivity index (χ1n) is 8.33. The predicted octanol–water partition coefficient (Wildman–Crippen LogP) is 2.49. The van der Waals surface area contributed by atoms with Crippen molar-refractivity contribution in [3.8, 4) is 11.5 Å². The van der Waals surface area contributed by atoms with Gasteiger partial charge in [0.2, 0.25) is 10.0 Å². The van der Waals surface area contributed by atoms with Gasteiger partial charge in [-0.05, 0) is 45.4 Å². The number of aromatic nitrogens is 2. The van der Waals surface area contributed by atoms with Crippen LogP contribution in [0.1, 0.15) is 32.0 Å². The molecule has 1 aromatic carbocycles. The summed E-state index contributed by atoms with van der Waals surface area (Å²) in [6.45, 7) is 9.20. The summed E-state index contributed by atoms with van der Waals surface area (Å²) in [5.41, 5.74) is 1.27. The van der Waals surface area contributed by atoms with Crippen molar-refractivity contribution in [2.45, 2.75) is 45.7 Å². The van der Waals surface area contributed by atoms with E-state index < -0.39 is 10.0 Å². The lowest BCUT2D eigenvalue weighted by molar-refractivity contribution is 0.287. The zero-order valence-electron chi connectivity index (χ0n) is 15.1. The lowest BCUT2D eigenvalue weighted by Crippen LogP contribution is -2.23. The van der Waals surface area contributed by atoms with Crippen LogP contribution < -0.4 is 14.2 Å². The first-order valence-corrected chi connectivity index (χ1v) is 9.81. The molecule has 0 saturated carbocycles. The molecule has 0 atom stereocenters. The third kappa shape index (κ3) is 4.73. The van der Waals surface area contributed by atoms with Crippen molar-refractivity contribution in [2.75, 3.05) is 13.2 Å². The average Bonchev–Trinajstić information content (AvgIpc) is 2.97. The molecule has 25 heavy (non-hydrogen) atoms. The monoisotopic (exact) mass is 367 g/mol. The number of nitrogens with one attached hydrogen (secondary N) is 1. The van der Waals surface area contributed by atoms with Gasteiger partial charge in [0.15, 0.2) is 11.5 Å². The molecule has 0 saturated heterocycles. The van der Waals surface area contributed by atoms with Crippen LogP contribution in [-0.4, -0.2) is 31.4 Å². The second kappa shape index (κ2) is 8.35. The quantitative estimate of drug-likeness (QED) is 0.736. The largest absolute Gasteiger partial charge is 0.490 e. The van der Waals surface area contributed by atoms with Crippen LogP contribution in [0.2, 0.25) is 0 Å². The van der Waals surface area contributed by atoms with Crippen molar-refractivity contribution >= 4 is 10.0 Å². The van der Waals surface area contributed by atoms with Crippen LogP contribution >= 0.6 is 0 Å². The van der Waals surface area contributed by atoms with Gasteiger partial charge in [-0.25, -0.2) is 13.1 Å². The van der Waals surface area contributed by atoms with Crippen LogP contribution in [0.15, 0.2) is 29.3 Å². The summed E-state index contributed by atoms with van der Waals surface area (Å²) in [6, 6.07) is 5.40. The summed E-state index contributed by atoms with van der Waals surface area (Å²) < 4.78 is 40.3. The molecule has 7 nitrogen and oxygen atoms in total. The summed E-state index contributed by atoms with van der Waals surface area (Å²) in [5.74, 6) is 1.26. The predicted molar refractivity (Wildman–Crippen MR) is 95.4 cm³/mol. The minimum atomic E-state index is -3.63. The SMILES string of the molecule is CCOc1ccc(CNS(=O)(=O)c2cn(CC)nc2C)cc1OCC. The van der Waals surface area contributed by atoms with Gasteiger partial charge in [0, 0.05) is 19.3 Å². The molecule has 0 unspecified atom stereocenters. The van der Waals surface area contributed by atoms with Crippen molar-refractivity contribution in [1.82, 2.24) is 14.5 Å². The number of benzene rings is 1. The Kier molecular flexibility index (Phi) is 6.44. The summed E-state index contributed by atoms with van der Waals surface area (Å²) in [6.07, 6.45) is 1.54. The Bertz CT molecular complexity index is 815. The van der Waals surface area contributed by atoms with Gasteiger partial charge in [0.1, 0.15) is 4.90 Å². The second-order valence-corrected chi connectivity index (χ2v) is 7.14. The van der Waals surface area contributed by atoms with E-state index >= 15 is 0 Å². The van der Waals surface area contributed by atoms with E-state index in [4.69, 9.17) is 9.47 Å². The molecule has 0 aliphatic heterocycles. The van der Waals surface area contributed by atoms with Crippen LogP contribution in [-0.2, 0) is 23.1 Å². The number of hydrogen-bond donors (Lipinski definition) is 1. The maximum absolute atomic E-state index is 12.5. The summed E-state index contributed by atoms with van der Waals surface area (Å²) in [5, 5.41) is 4.18. The van der Waals surface area contributed by atoms with Crippen molar-refractivity contribution < 1.29 is 17.9 Å². The Labute approximate surface area is 149 Å². The highest BCUT2D eigenvalue weighted by molar-refractivity contribution is 7.89. The third-order valence-electron chi connectivity index (χ3n) is 3.59. The molecule has 0 radical (unpaired) electrons. The van der Waals surface area contributed by atoms with Gasteiger partial charge >= 0.3 is 0 Å². The Hall–Kier alpha value is -2.06. The van der Waals surface area contributed by atoms with Crippen LogP contribution in [0.5, 0.6) is 11.5 Å². The minimum Gasteiger partial charge on any atom is -0.490 e. The van der Waals surface area contributed by atoms with Gasteiger partial charge in [-0.2, -0.15) is 5.10 Å². The van der Waals surface area contributed by atoms with Crippen LogP contribution in [0, 0.1) is 6.92 Å². The molecular weight excluding hydrogens is 342 g/mol. The van der Waals surface area contributed by atoms with Crippen molar-refractivity contribution in [3.63, 3.8) is 0 Å². The molecule has 0 bridgehead atoms. The van der Waals surface area contributed by atoms with E-state index in [9.17, 15) is 8.42 Å². The zero-order chi connectivity index (χ0) is 18.4. The van der Waals surface area contributed by atoms with Crippen LogP contribution in [0.3, 0.4) is 0 Å². The lowest BCUT2D eigenvalue weighted by Gasteiger charge is -2.13. The fraction of sp³-hybridized carbons (Fsp3) is 0.471. The topological polar surface area (TPSA) is 82.5 Å². The molecule has 0 amide bonds. The van der Waals surface area contributed by atoms with E-state index in [1.165, 1.54) is 0 Å². The Balaban J connectivity index is 2.16. The van der Waals surface area contributed by atoms with Crippen molar-refractivity contribution in [2.24, 2.45) is 0 Å². The minimum absolute atomic E-state index is 0.158. The molecule has 1 heterocycles. The smallest absolute Gasteiger partial charge is 0.244 e. The van der Waals surface area contributed by atoms with Crippen LogP contribution in [0.4, 0.5) is 0 Å². The molecule has 0 aliphatic rings. The fourth-order valence-electron chi connectivity index (χ4n) is 2.39. The summed E-state index contributed by atoms with van der Waals surface area (Å²) in [4.78, 5) is 0.199. The average molecular weight is 367 g/mol. The number of ether oxygens (including phenoxy) is 2. The number of rotatable bonds is 9. The molecule has 0 fully saturated rings. The molecule has 1 N–H and O–H groups in total. The first-order chi connectivity index (χ1) is 11.9. The summed E-state index contributed by atoms with van der Waals surface area (Å²) in [7, 11) is -3.63. The van der Waals surface area contributed by atoms with Gasteiger partial charge in [-0.1, -0.05) is 6.07 Å². The van der Waals surface area contributed by atoms with Gasteiger partial charge < -0.3 is 9.47 Å². The highest BCUT2D eigenvalue weighted by Gasteiger charge is 2.20. The van der Waals surface area contributed by atoms with Gasteiger partial charge in [-0.15, -0.1) is 0 Å². The standard InChI is InChI=1S/C17H25N3O4S/c1-5-20-12-17(13(4)19-20)25(21,22)18-11-14-8-9-15(23-6-2)16(10-14)24-7-3/h8-10,12,18H,5-7,11H2,1-4H3. The second-order valence-electron chi connectivity index (χ2n) is 5.41. The number of sulfonamides is 1. The van der Waals surface area contributed by atoms with Gasteiger partial charge in [-0.3, -0.25) is 4.68 Å². The fourth-order valence-corrected chi connectivity index (χ4v) is 3.59. The van der Waals surface area contributed by atoms with E-state index in [1.54, 1.807) is 29.9 Å². The van der Waals surface area contributed by atoms with E-state index in [1.807, 2.05) is 26.8 Å². The maximum Gasteiger partial charge on any atom is 0.244 e. The normalized spacial score (nSPS) is 11.5.